The smallest absolute Gasteiger partial charge is 0.341 e. The van der Waals surface area contributed by atoms with Crippen molar-refractivity contribution in [2.24, 2.45) is 0 Å². The van der Waals surface area contributed by atoms with Gasteiger partial charge < -0.3 is 24.4 Å². The summed E-state index contributed by atoms with van der Waals surface area (Å²) in [7, 11) is 0. The van der Waals surface area contributed by atoms with Crippen molar-refractivity contribution in [2.45, 2.75) is 6.61 Å². The van der Waals surface area contributed by atoms with Gasteiger partial charge in [-0.25, -0.2) is 9.59 Å². The number of rotatable bonds is 13. The van der Waals surface area contributed by atoms with E-state index in [0.717, 1.165) is 5.56 Å². The molecule has 2 aromatic carbocycles. The van der Waals surface area contributed by atoms with Crippen molar-refractivity contribution in [3.63, 3.8) is 0 Å². The van der Waals surface area contributed by atoms with Crippen LogP contribution in [0, 0.1) is 0 Å². The van der Waals surface area contributed by atoms with Crippen molar-refractivity contribution < 1.29 is 43.6 Å². The normalized spacial score (nSPS) is 10.2. The Kier molecular flexibility index (Phi) is 8.99. The minimum Gasteiger partial charge on any atom is -0.479 e. The van der Waals surface area contributed by atoms with Crippen LogP contribution in [0.15, 0.2) is 48.5 Å². The molecule has 0 radical (unpaired) electrons. The number of hydrogen-bond acceptors (Lipinski definition) is 8. The van der Waals surface area contributed by atoms with Gasteiger partial charge in [0.05, 0.1) is 13.1 Å². The fourth-order valence-electron chi connectivity index (χ4n) is 2.36. The molecule has 0 aliphatic carbocycles. The van der Waals surface area contributed by atoms with Gasteiger partial charge in [0.2, 0.25) is 0 Å². The first kappa shape index (κ1) is 23.4. The number of Topliss-reactive ketones (excluding diaryl/α,β-unsaturated/α-hetero) is 1. The first-order chi connectivity index (χ1) is 14.8. The van der Waals surface area contributed by atoms with Crippen molar-refractivity contribution in [2.75, 3.05) is 26.3 Å². The van der Waals surface area contributed by atoms with E-state index in [4.69, 9.17) is 24.4 Å². The molecule has 3 N–H and O–H groups in total. The highest BCUT2D eigenvalue weighted by atomic mass is 16.5. The number of nitrogens with one attached hydrogen (secondary N) is 1. The number of carboxylic acids is 2. The molecule has 2 aromatic rings. The number of ether oxygens (including phenoxy) is 3. The van der Waals surface area contributed by atoms with Gasteiger partial charge in [-0.2, -0.15) is 0 Å². The molecule has 31 heavy (non-hydrogen) atoms. The molecule has 0 amide bonds. The molecular formula is C21H21NO9. The molecule has 0 aliphatic rings. The number of hydrogen-bond donors (Lipinski definition) is 3. The Balaban J connectivity index is 1.89. The first-order valence-corrected chi connectivity index (χ1v) is 9.12. The minimum atomic E-state index is -1.25. The number of benzene rings is 2. The molecule has 0 aliphatic heterocycles. The lowest BCUT2D eigenvalue weighted by atomic mass is 10.1. The Morgan fingerprint density at radius 2 is 1.45 bits per heavy atom. The van der Waals surface area contributed by atoms with E-state index < -0.39 is 36.9 Å². The summed E-state index contributed by atoms with van der Waals surface area (Å²) in [6.07, 6.45) is 0. The molecule has 0 bridgehead atoms. The van der Waals surface area contributed by atoms with Gasteiger partial charge in [0.15, 0.2) is 30.5 Å². The molecule has 10 nitrogen and oxygen atoms in total. The quantitative estimate of drug-likeness (QED) is 0.311. The Labute approximate surface area is 177 Å². The van der Waals surface area contributed by atoms with E-state index in [9.17, 15) is 19.2 Å². The van der Waals surface area contributed by atoms with E-state index in [2.05, 4.69) is 5.32 Å². The van der Waals surface area contributed by atoms with Crippen molar-refractivity contribution in [3.8, 4) is 11.5 Å². The van der Waals surface area contributed by atoms with E-state index in [0.29, 0.717) is 0 Å². The van der Waals surface area contributed by atoms with Crippen molar-refractivity contribution >= 4 is 23.7 Å². The van der Waals surface area contributed by atoms with Crippen LogP contribution in [0.25, 0.3) is 0 Å². The number of carboxylic acid groups (broad SMARTS) is 2. The molecule has 0 spiro atoms. The maximum atomic E-state index is 12.4. The predicted molar refractivity (Wildman–Crippen MR) is 106 cm³/mol. The summed E-state index contributed by atoms with van der Waals surface area (Å²) < 4.78 is 15.2. The second kappa shape index (κ2) is 11.9. The standard InChI is InChI=1S/C21H21NO9/c23-16(9-22-10-21(28)31-11-14-4-2-1-3-5-14)15-6-7-17(29-12-19(24)25)18(8-15)30-13-20(26)27/h1-8,22H,9-13H2,(H,24,25)(H,26,27). The third-order valence-electron chi connectivity index (χ3n) is 3.77. The van der Waals surface area contributed by atoms with E-state index >= 15 is 0 Å². The van der Waals surface area contributed by atoms with Gasteiger partial charge in [-0.1, -0.05) is 30.3 Å². The Morgan fingerprint density at radius 1 is 0.806 bits per heavy atom. The number of carbonyl (C=O) groups excluding carboxylic acids is 2. The summed E-state index contributed by atoms with van der Waals surface area (Å²) in [4.78, 5) is 45.5. The SMILES string of the molecule is O=C(O)COc1ccc(C(=O)CNCC(=O)OCc2ccccc2)cc1OCC(=O)O. The van der Waals surface area contributed by atoms with Crippen LogP contribution in [0.5, 0.6) is 11.5 Å². The van der Waals surface area contributed by atoms with Crippen LogP contribution in [0.2, 0.25) is 0 Å². The van der Waals surface area contributed by atoms with E-state index in [1.165, 1.54) is 18.2 Å². The molecule has 2 rings (SSSR count). The Morgan fingerprint density at radius 3 is 2.10 bits per heavy atom. The average molecular weight is 431 g/mol. The van der Waals surface area contributed by atoms with Crippen molar-refractivity contribution in [1.82, 2.24) is 5.32 Å². The second-order valence-electron chi connectivity index (χ2n) is 6.20. The van der Waals surface area contributed by atoms with Gasteiger partial charge in [0.25, 0.3) is 0 Å². The predicted octanol–water partition coefficient (Wildman–Crippen LogP) is 1.13. The fourth-order valence-corrected chi connectivity index (χ4v) is 2.36. The van der Waals surface area contributed by atoms with Gasteiger partial charge in [0.1, 0.15) is 6.61 Å². The maximum absolute atomic E-state index is 12.4. The van der Waals surface area contributed by atoms with Gasteiger partial charge in [-0.3, -0.25) is 14.9 Å². The largest absolute Gasteiger partial charge is 0.479 e. The van der Waals surface area contributed by atoms with Gasteiger partial charge in [-0.15, -0.1) is 0 Å². The third-order valence-corrected chi connectivity index (χ3v) is 3.77. The van der Waals surface area contributed by atoms with Crippen LogP contribution in [-0.4, -0.2) is 60.2 Å². The number of esters is 1. The molecule has 0 saturated heterocycles. The zero-order valence-corrected chi connectivity index (χ0v) is 16.4. The summed E-state index contributed by atoms with van der Waals surface area (Å²) >= 11 is 0. The third kappa shape index (κ3) is 8.54. The van der Waals surface area contributed by atoms with Crippen LogP contribution in [-0.2, 0) is 25.7 Å². The molecule has 0 unspecified atom stereocenters. The highest BCUT2D eigenvalue weighted by molar-refractivity contribution is 5.98. The van der Waals surface area contributed by atoms with Gasteiger partial charge >= 0.3 is 17.9 Å². The maximum Gasteiger partial charge on any atom is 0.341 e. The number of carbonyl (C=O) groups is 4. The van der Waals surface area contributed by atoms with Crippen LogP contribution >= 0.6 is 0 Å². The zero-order chi connectivity index (χ0) is 22.6. The van der Waals surface area contributed by atoms with Crippen molar-refractivity contribution in [3.05, 3.63) is 59.7 Å². The molecule has 10 heteroatoms. The molecule has 0 saturated carbocycles. The lowest BCUT2D eigenvalue weighted by Crippen LogP contribution is -2.29. The summed E-state index contributed by atoms with van der Waals surface area (Å²) in [5.74, 6) is -3.51. The monoisotopic (exact) mass is 431 g/mol. The zero-order valence-electron chi connectivity index (χ0n) is 16.4. The highest BCUT2D eigenvalue weighted by Crippen LogP contribution is 2.28. The molecule has 0 heterocycles. The summed E-state index contributed by atoms with van der Waals surface area (Å²) in [6, 6.07) is 13.1. The average Bonchev–Trinajstić information content (AvgIpc) is 2.75. The van der Waals surface area contributed by atoms with Gasteiger partial charge in [-0.05, 0) is 23.8 Å². The molecule has 0 aromatic heterocycles. The number of ketones is 1. The van der Waals surface area contributed by atoms with E-state index in [1.54, 1.807) is 0 Å². The first-order valence-electron chi connectivity index (χ1n) is 9.12. The van der Waals surface area contributed by atoms with Gasteiger partial charge in [0, 0.05) is 5.56 Å². The van der Waals surface area contributed by atoms with Crippen LogP contribution in [0.3, 0.4) is 0 Å². The lowest BCUT2D eigenvalue weighted by Gasteiger charge is -2.12. The van der Waals surface area contributed by atoms with E-state index in [-0.39, 0.29) is 36.8 Å². The van der Waals surface area contributed by atoms with Crippen LogP contribution in [0.4, 0.5) is 0 Å². The minimum absolute atomic E-state index is 0.0161. The topological polar surface area (TPSA) is 148 Å². The van der Waals surface area contributed by atoms with E-state index in [1.807, 2.05) is 30.3 Å². The van der Waals surface area contributed by atoms with Crippen LogP contribution < -0.4 is 14.8 Å². The second-order valence-corrected chi connectivity index (χ2v) is 6.20. The molecule has 0 fully saturated rings. The summed E-state index contributed by atoms with van der Waals surface area (Å²) in [6.45, 7) is -1.61. The molecule has 0 atom stereocenters. The summed E-state index contributed by atoms with van der Waals surface area (Å²) in [5.41, 5.74) is 0.999. The van der Waals surface area contributed by atoms with Crippen LogP contribution in [0.1, 0.15) is 15.9 Å². The fraction of sp³-hybridized carbons (Fsp3) is 0.238. The summed E-state index contributed by atoms with van der Waals surface area (Å²) in [5, 5.41) is 20.2. The number of aliphatic carboxylic acids is 2. The lowest BCUT2D eigenvalue weighted by molar-refractivity contribution is -0.144. The van der Waals surface area contributed by atoms with Crippen molar-refractivity contribution in [1.29, 1.82) is 0 Å². The molecule has 164 valence electrons. The Bertz CT molecular complexity index is 928. The Hall–Kier alpha value is -3.92. The molecular weight excluding hydrogens is 410 g/mol. The highest BCUT2D eigenvalue weighted by Gasteiger charge is 2.14.